The van der Waals surface area contributed by atoms with Gasteiger partial charge in [0.1, 0.15) is 6.29 Å². The van der Waals surface area contributed by atoms with Crippen LogP contribution < -0.4 is 5.32 Å². The van der Waals surface area contributed by atoms with Gasteiger partial charge in [0.15, 0.2) is 5.69 Å². The molecule has 3 aromatic rings. The Balaban J connectivity index is 1.12. The molecule has 6 rings (SSSR count). The number of hydrogen-bond donors (Lipinski definition) is 1. The minimum Gasteiger partial charge on any atom is -0.376 e. The van der Waals surface area contributed by atoms with Gasteiger partial charge in [-0.3, -0.25) is 19.2 Å². The van der Waals surface area contributed by atoms with Crippen LogP contribution in [0.3, 0.4) is 0 Å². The molecule has 2 aromatic carbocycles. The number of likely N-dealkylation sites (tertiary alicyclic amines) is 1. The number of nitrogens with one attached hydrogen (secondary N) is 1. The Labute approximate surface area is 275 Å². The number of halogens is 1. The summed E-state index contributed by atoms with van der Waals surface area (Å²) in [7, 11) is 1.80. The Hall–Kier alpha value is -3.31. The maximum Gasteiger partial charge on any atom is 0.276 e. The lowest BCUT2D eigenvalue weighted by molar-refractivity contribution is -0.133. The van der Waals surface area contributed by atoms with Gasteiger partial charge in [-0.2, -0.15) is 5.10 Å². The lowest BCUT2D eigenvalue weighted by atomic mass is 9.88. The van der Waals surface area contributed by atoms with Crippen molar-refractivity contribution in [2.75, 3.05) is 31.6 Å². The standard InChI is InChI=1S/C35H44ClN5O5/c1-22-17-40(18-23(2)46-22)26-16-27(21-45-28-11-8-24(20-42)9-12-28)41(19-26)33(43)15-25-10-13-31(30(36)14-25)37-35(44)34-29-6-4-5-7-32(29)39(3)38-34/h4-7,10,13-14,20,22-24,26-28H,8-9,11-12,15-19,21H2,1-3H3,(H,37,44)/t22-,23+,24?,26-,27-,28?/m0/s1. The number of anilines is 1. The fraction of sp³-hybridized carbons (Fsp3) is 0.543. The van der Waals surface area contributed by atoms with Gasteiger partial charge in [-0.15, -0.1) is 0 Å². The SMILES string of the molecule is C[C@@H]1CN([C@H]2C[C@@H](COC3CCC(C=O)CC3)N(C(=O)Cc3ccc(NC(=O)c4nn(C)c5ccccc45)c(Cl)c3)C2)C[C@H](C)O1. The van der Waals surface area contributed by atoms with E-state index in [4.69, 9.17) is 21.1 Å². The zero-order valence-electron chi connectivity index (χ0n) is 26.9. The number of hydrogen-bond acceptors (Lipinski definition) is 7. The van der Waals surface area contributed by atoms with Gasteiger partial charge < -0.3 is 24.5 Å². The third-order valence-electron chi connectivity index (χ3n) is 9.72. The molecular weight excluding hydrogens is 606 g/mol. The summed E-state index contributed by atoms with van der Waals surface area (Å²) in [6.45, 7) is 7.03. The molecule has 4 atom stereocenters. The molecule has 1 aliphatic carbocycles. The number of fused-ring (bicyclic) bond motifs is 1. The minimum absolute atomic E-state index is 0.0305. The van der Waals surface area contributed by atoms with E-state index >= 15 is 0 Å². The summed E-state index contributed by atoms with van der Waals surface area (Å²) in [6, 6.07) is 13.1. The largest absolute Gasteiger partial charge is 0.376 e. The maximum absolute atomic E-state index is 13.9. The highest BCUT2D eigenvalue weighted by Gasteiger charge is 2.40. The Bertz CT molecular complexity index is 1560. The van der Waals surface area contributed by atoms with Crippen molar-refractivity contribution >= 4 is 46.3 Å². The summed E-state index contributed by atoms with van der Waals surface area (Å²) in [5.41, 5.74) is 2.43. The predicted octanol–water partition coefficient (Wildman–Crippen LogP) is 4.87. The van der Waals surface area contributed by atoms with Crippen LogP contribution in [0, 0.1) is 5.92 Å². The van der Waals surface area contributed by atoms with Gasteiger partial charge in [-0.1, -0.05) is 35.9 Å². The number of ether oxygens (including phenoxy) is 2. The van der Waals surface area contributed by atoms with E-state index in [1.165, 1.54) is 0 Å². The number of aldehydes is 1. The van der Waals surface area contributed by atoms with Crippen molar-refractivity contribution in [1.82, 2.24) is 19.6 Å². The zero-order valence-corrected chi connectivity index (χ0v) is 27.6. The minimum atomic E-state index is -0.347. The topological polar surface area (TPSA) is 106 Å². The molecule has 2 amide bonds. The molecule has 0 radical (unpaired) electrons. The van der Waals surface area contributed by atoms with Crippen LogP contribution in [0.25, 0.3) is 10.9 Å². The summed E-state index contributed by atoms with van der Waals surface area (Å²) < 4.78 is 14.0. The van der Waals surface area contributed by atoms with Crippen molar-refractivity contribution in [1.29, 1.82) is 0 Å². The van der Waals surface area contributed by atoms with E-state index in [0.29, 0.717) is 29.6 Å². The normalized spacial score (nSPS) is 27.2. The monoisotopic (exact) mass is 649 g/mol. The Morgan fingerprint density at radius 2 is 1.80 bits per heavy atom. The predicted molar refractivity (Wildman–Crippen MR) is 177 cm³/mol. The van der Waals surface area contributed by atoms with E-state index in [1.807, 2.05) is 35.2 Å². The number of carbonyl (C=O) groups is 3. The third kappa shape index (κ3) is 7.30. The van der Waals surface area contributed by atoms with Gasteiger partial charge in [0.25, 0.3) is 5.91 Å². The van der Waals surface area contributed by atoms with Crippen LogP contribution in [-0.4, -0.2) is 94.3 Å². The zero-order chi connectivity index (χ0) is 32.4. The number of nitrogens with zero attached hydrogens (tertiary/aromatic N) is 4. The van der Waals surface area contributed by atoms with Crippen molar-refractivity contribution in [3.63, 3.8) is 0 Å². The molecule has 0 spiro atoms. The number of rotatable bonds is 9. The van der Waals surface area contributed by atoms with E-state index < -0.39 is 0 Å². The second-order valence-electron chi connectivity index (χ2n) is 13.2. The number of carbonyl (C=O) groups excluding carboxylic acids is 3. The molecule has 2 aliphatic heterocycles. The molecule has 46 heavy (non-hydrogen) atoms. The molecule has 2 saturated heterocycles. The fourth-order valence-corrected chi connectivity index (χ4v) is 7.63. The Kier molecular flexibility index (Phi) is 10.1. The van der Waals surface area contributed by atoms with Gasteiger partial charge in [-0.25, -0.2) is 0 Å². The number of morpholine rings is 1. The van der Waals surface area contributed by atoms with Gasteiger partial charge in [-0.05, 0) is 69.7 Å². The van der Waals surface area contributed by atoms with Crippen LogP contribution in [-0.2, 0) is 32.5 Å². The van der Waals surface area contributed by atoms with Crippen molar-refractivity contribution in [2.45, 2.75) is 82.8 Å². The van der Waals surface area contributed by atoms with Crippen LogP contribution in [0.1, 0.15) is 62.0 Å². The van der Waals surface area contributed by atoms with Crippen molar-refractivity contribution in [3.8, 4) is 0 Å². The smallest absolute Gasteiger partial charge is 0.276 e. The molecule has 246 valence electrons. The average molecular weight is 650 g/mol. The van der Waals surface area contributed by atoms with Gasteiger partial charge >= 0.3 is 0 Å². The lowest BCUT2D eigenvalue weighted by Gasteiger charge is -2.38. The summed E-state index contributed by atoms with van der Waals surface area (Å²) >= 11 is 6.64. The Morgan fingerprint density at radius 3 is 2.52 bits per heavy atom. The molecule has 10 nitrogen and oxygen atoms in total. The van der Waals surface area contributed by atoms with Gasteiger partial charge in [0.05, 0.1) is 53.6 Å². The molecule has 1 saturated carbocycles. The van der Waals surface area contributed by atoms with Crippen molar-refractivity contribution in [3.05, 3.63) is 58.7 Å². The maximum atomic E-state index is 13.9. The second-order valence-corrected chi connectivity index (χ2v) is 13.6. The van der Waals surface area contributed by atoms with Crippen LogP contribution in [0.4, 0.5) is 5.69 Å². The molecule has 3 fully saturated rings. The van der Waals surface area contributed by atoms with Crippen LogP contribution >= 0.6 is 11.6 Å². The van der Waals surface area contributed by atoms with E-state index in [1.54, 1.807) is 23.9 Å². The Morgan fingerprint density at radius 1 is 1.07 bits per heavy atom. The van der Waals surface area contributed by atoms with E-state index in [0.717, 1.165) is 67.9 Å². The molecule has 3 aliphatic rings. The lowest BCUT2D eigenvalue weighted by Crippen LogP contribution is -2.51. The van der Waals surface area contributed by atoms with Gasteiger partial charge in [0.2, 0.25) is 5.91 Å². The molecule has 0 bridgehead atoms. The number of aromatic nitrogens is 2. The van der Waals surface area contributed by atoms with Crippen molar-refractivity contribution in [2.24, 2.45) is 13.0 Å². The summed E-state index contributed by atoms with van der Waals surface area (Å²) in [6.07, 6.45) is 6.02. The number of para-hydroxylation sites is 1. The highest BCUT2D eigenvalue weighted by molar-refractivity contribution is 6.34. The first-order chi connectivity index (χ1) is 22.2. The first-order valence-corrected chi connectivity index (χ1v) is 16.8. The first-order valence-electron chi connectivity index (χ1n) is 16.5. The van der Waals surface area contributed by atoms with Crippen molar-refractivity contribution < 1.29 is 23.9 Å². The molecular formula is C35H44ClN5O5. The fourth-order valence-electron chi connectivity index (χ4n) is 7.38. The van der Waals surface area contributed by atoms with E-state index in [2.05, 4.69) is 29.2 Å². The molecule has 0 unspecified atom stereocenters. The number of benzene rings is 2. The molecule has 1 N–H and O–H groups in total. The van der Waals surface area contributed by atoms with Crippen LogP contribution in [0.15, 0.2) is 42.5 Å². The number of amides is 2. The third-order valence-corrected chi connectivity index (χ3v) is 10.0. The average Bonchev–Trinajstić information content (AvgIpc) is 3.63. The summed E-state index contributed by atoms with van der Waals surface area (Å²) in [5, 5.41) is 8.41. The number of aryl methyl sites for hydroxylation is 1. The van der Waals surface area contributed by atoms with E-state index in [9.17, 15) is 14.4 Å². The molecule has 3 heterocycles. The first kappa shape index (κ1) is 32.6. The van der Waals surface area contributed by atoms with Crippen LogP contribution in [0.5, 0.6) is 0 Å². The van der Waals surface area contributed by atoms with Gasteiger partial charge in [0, 0.05) is 44.0 Å². The second kappa shape index (κ2) is 14.2. The van der Waals surface area contributed by atoms with Crippen LogP contribution in [0.2, 0.25) is 5.02 Å². The highest BCUT2D eigenvalue weighted by atomic mass is 35.5. The molecule has 11 heteroatoms. The van der Waals surface area contributed by atoms with E-state index in [-0.39, 0.29) is 54.5 Å². The summed E-state index contributed by atoms with van der Waals surface area (Å²) in [5.74, 6) is -0.177. The summed E-state index contributed by atoms with van der Waals surface area (Å²) in [4.78, 5) is 42.6. The highest BCUT2D eigenvalue weighted by Crippen LogP contribution is 2.30. The quantitative estimate of drug-likeness (QED) is 0.330. The molecule has 1 aromatic heterocycles.